The molecule has 0 saturated carbocycles. The molecule has 0 aliphatic heterocycles. The Morgan fingerprint density at radius 3 is 2.57 bits per heavy atom. The first-order valence-electron chi connectivity index (χ1n) is 3.62. The Morgan fingerprint density at radius 1 is 1.57 bits per heavy atom. The molecule has 74 valence electrons. The van der Waals surface area contributed by atoms with Crippen molar-refractivity contribution >= 4 is 11.5 Å². The van der Waals surface area contributed by atoms with Crippen molar-refractivity contribution in [3.8, 4) is 5.75 Å². The summed E-state index contributed by atoms with van der Waals surface area (Å²) in [4.78, 5) is 20.2. The van der Waals surface area contributed by atoms with E-state index in [2.05, 4.69) is 0 Å². The summed E-state index contributed by atoms with van der Waals surface area (Å²) in [6.07, 6.45) is 0. The minimum atomic E-state index is -1.39. The summed E-state index contributed by atoms with van der Waals surface area (Å²) in [5.74, 6) is -2.86. The van der Waals surface area contributed by atoms with E-state index < -0.39 is 28.0 Å². The van der Waals surface area contributed by atoms with Crippen LogP contribution >= 0.6 is 0 Å². The summed E-state index contributed by atoms with van der Waals surface area (Å²) in [6.45, 7) is 1.08. The standard InChI is InChI=1S/C8H6FNO4/c1-4(11)5-2-3-6(12)7(9)8(5)10(13)14/h2-3,12H,1H3. The third-order valence-electron chi connectivity index (χ3n) is 1.66. The van der Waals surface area contributed by atoms with E-state index in [1.807, 2.05) is 0 Å². The van der Waals surface area contributed by atoms with Gasteiger partial charge in [0.2, 0.25) is 5.82 Å². The molecule has 0 atom stereocenters. The average molecular weight is 199 g/mol. The van der Waals surface area contributed by atoms with E-state index in [9.17, 15) is 19.3 Å². The van der Waals surface area contributed by atoms with Gasteiger partial charge in [0, 0.05) is 0 Å². The number of hydrogen-bond acceptors (Lipinski definition) is 4. The lowest BCUT2D eigenvalue weighted by Crippen LogP contribution is -2.02. The van der Waals surface area contributed by atoms with Gasteiger partial charge in [-0.3, -0.25) is 14.9 Å². The number of benzene rings is 1. The summed E-state index contributed by atoms with van der Waals surface area (Å²) in [6, 6.07) is 1.91. The monoisotopic (exact) mass is 199 g/mol. The number of carbonyl (C=O) groups is 1. The number of hydrogen-bond donors (Lipinski definition) is 1. The van der Waals surface area contributed by atoms with Crippen LogP contribution in [0.15, 0.2) is 12.1 Å². The van der Waals surface area contributed by atoms with E-state index in [-0.39, 0.29) is 5.56 Å². The van der Waals surface area contributed by atoms with Crippen LogP contribution in [0.25, 0.3) is 0 Å². The van der Waals surface area contributed by atoms with Crippen LogP contribution in [0.1, 0.15) is 17.3 Å². The lowest BCUT2D eigenvalue weighted by atomic mass is 10.1. The van der Waals surface area contributed by atoms with E-state index in [0.29, 0.717) is 0 Å². The van der Waals surface area contributed by atoms with Crippen LogP contribution in [-0.2, 0) is 0 Å². The highest BCUT2D eigenvalue weighted by Crippen LogP contribution is 2.29. The molecule has 1 N–H and O–H groups in total. The fraction of sp³-hybridized carbons (Fsp3) is 0.125. The molecule has 0 aromatic heterocycles. The largest absolute Gasteiger partial charge is 0.505 e. The predicted molar refractivity (Wildman–Crippen MR) is 44.7 cm³/mol. The first-order valence-corrected chi connectivity index (χ1v) is 3.62. The zero-order valence-corrected chi connectivity index (χ0v) is 7.15. The first kappa shape index (κ1) is 10.1. The van der Waals surface area contributed by atoms with Crippen LogP contribution in [-0.4, -0.2) is 15.8 Å². The molecule has 1 rings (SSSR count). The van der Waals surface area contributed by atoms with Crippen LogP contribution in [0.5, 0.6) is 5.75 Å². The maximum atomic E-state index is 13.0. The van der Waals surface area contributed by atoms with E-state index in [4.69, 9.17) is 5.11 Å². The maximum absolute atomic E-state index is 13.0. The molecule has 0 aliphatic carbocycles. The smallest absolute Gasteiger partial charge is 0.319 e. The SMILES string of the molecule is CC(=O)c1ccc(O)c(F)c1[N+](=O)[O-]. The number of phenols is 1. The lowest BCUT2D eigenvalue weighted by Gasteiger charge is -2.00. The third kappa shape index (κ3) is 1.54. The minimum Gasteiger partial charge on any atom is -0.505 e. The normalized spacial score (nSPS) is 9.86. The van der Waals surface area contributed by atoms with Gasteiger partial charge in [-0.15, -0.1) is 0 Å². The summed E-state index contributed by atoms with van der Waals surface area (Å²) in [5, 5.41) is 19.3. The number of nitrogens with zero attached hydrogens (tertiary/aromatic N) is 1. The number of halogens is 1. The van der Waals surface area contributed by atoms with Crippen molar-refractivity contribution in [2.24, 2.45) is 0 Å². The number of Topliss-reactive ketones (excluding diaryl/α,β-unsaturated/α-hetero) is 1. The summed E-state index contributed by atoms with van der Waals surface area (Å²) in [5.41, 5.74) is -1.34. The van der Waals surface area contributed by atoms with Crippen molar-refractivity contribution in [2.45, 2.75) is 6.92 Å². The Balaban J connectivity index is 3.53. The van der Waals surface area contributed by atoms with Gasteiger partial charge < -0.3 is 5.11 Å². The van der Waals surface area contributed by atoms with Crippen molar-refractivity contribution in [1.29, 1.82) is 0 Å². The molecule has 0 bridgehead atoms. The van der Waals surface area contributed by atoms with Gasteiger partial charge >= 0.3 is 5.69 Å². The Hall–Kier alpha value is -1.98. The average Bonchev–Trinajstić information content (AvgIpc) is 2.08. The van der Waals surface area contributed by atoms with Crippen molar-refractivity contribution in [2.75, 3.05) is 0 Å². The Labute approximate surface area is 77.9 Å². The zero-order chi connectivity index (χ0) is 10.9. The van der Waals surface area contributed by atoms with E-state index in [0.717, 1.165) is 19.1 Å². The predicted octanol–water partition coefficient (Wildman–Crippen LogP) is 1.64. The van der Waals surface area contributed by atoms with Crippen molar-refractivity contribution in [1.82, 2.24) is 0 Å². The molecule has 1 aromatic carbocycles. The molecule has 1 aromatic rings. The van der Waals surface area contributed by atoms with Crippen molar-refractivity contribution in [3.05, 3.63) is 33.6 Å². The number of nitro groups is 1. The van der Waals surface area contributed by atoms with Gasteiger partial charge in [-0.1, -0.05) is 0 Å². The molecule has 0 unspecified atom stereocenters. The maximum Gasteiger partial charge on any atom is 0.319 e. The number of aromatic hydroxyl groups is 1. The van der Waals surface area contributed by atoms with Gasteiger partial charge in [0.15, 0.2) is 11.5 Å². The molecule has 6 heteroatoms. The fourth-order valence-corrected chi connectivity index (χ4v) is 1.02. The first-order chi connectivity index (χ1) is 6.45. The third-order valence-corrected chi connectivity index (χ3v) is 1.66. The molecule has 0 spiro atoms. The molecular formula is C8H6FNO4. The van der Waals surface area contributed by atoms with Crippen LogP contribution in [0.3, 0.4) is 0 Å². The second kappa shape index (κ2) is 3.41. The molecule has 0 heterocycles. The van der Waals surface area contributed by atoms with E-state index >= 15 is 0 Å². The molecule has 5 nitrogen and oxygen atoms in total. The molecule has 0 amide bonds. The molecule has 0 aliphatic rings. The molecule has 0 radical (unpaired) electrons. The van der Waals surface area contributed by atoms with Crippen LogP contribution in [0.4, 0.5) is 10.1 Å². The van der Waals surface area contributed by atoms with Crippen LogP contribution in [0, 0.1) is 15.9 Å². The summed E-state index contributed by atoms with van der Waals surface area (Å²) < 4.78 is 13.0. The number of carbonyl (C=O) groups excluding carboxylic acids is 1. The van der Waals surface area contributed by atoms with Crippen LogP contribution < -0.4 is 0 Å². The van der Waals surface area contributed by atoms with E-state index in [1.54, 1.807) is 0 Å². The van der Waals surface area contributed by atoms with Gasteiger partial charge in [-0.25, -0.2) is 0 Å². The van der Waals surface area contributed by atoms with Crippen LogP contribution in [0.2, 0.25) is 0 Å². The molecule has 0 fully saturated rings. The highest BCUT2D eigenvalue weighted by atomic mass is 19.1. The van der Waals surface area contributed by atoms with Crippen molar-refractivity contribution < 1.29 is 19.2 Å². The van der Waals surface area contributed by atoms with Gasteiger partial charge in [0.25, 0.3) is 0 Å². The van der Waals surface area contributed by atoms with E-state index in [1.165, 1.54) is 0 Å². The summed E-state index contributed by atoms with van der Waals surface area (Å²) in [7, 11) is 0. The Bertz CT molecular complexity index is 416. The number of rotatable bonds is 2. The highest BCUT2D eigenvalue weighted by Gasteiger charge is 2.25. The summed E-state index contributed by atoms with van der Waals surface area (Å²) >= 11 is 0. The van der Waals surface area contributed by atoms with Gasteiger partial charge in [0.1, 0.15) is 0 Å². The Morgan fingerprint density at radius 2 is 2.14 bits per heavy atom. The molecule has 14 heavy (non-hydrogen) atoms. The fourth-order valence-electron chi connectivity index (χ4n) is 1.02. The Kier molecular flexibility index (Phi) is 2.46. The van der Waals surface area contributed by atoms with Gasteiger partial charge in [0.05, 0.1) is 10.5 Å². The topological polar surface area (TPSA) is 80.4 Å². The van der Waals surface area contributed by atoms with Gasteiger partial charge in [-0.05, 0) is 19.1 Å². The molecular weight excluding hydrogens is 193 g/mol. The minimum absolute atomic E-state index is 0.356. The second-order valence-electron chi connectivity index (χ2n) is 2.61. The quantitative estimate of drug-likeness (QED) is 0.446. The number of nitro benzene ring substituents is 1. The number of ketones is 1. The van der Waals surface area contributed by atoms with Gasteiger partial charge in [-0.2, -0.15) is 4.39 Å². The lowest BCUT2D eigenvalue weighted by molar-refractivity contribution is -0.387. The zero-order valence-electron chi connectivity index (χ0n) is 7.15. The second-order valence-corrected chi connectivity index (χ2v) is 2.61. The number of phenolic OH excluding ortho intramolecular Hbond substituents is 1. The highest BCUT2D eigenvalue weighted by molar-refractivity contribution is 5.98. The van der Waals surface area contributed by atoms with Crippen molar-refractivity contribution in [3.63, 3.8) is 0 Å². The molecule has 0 saturated heterocycles.